The summed E-state index contributed by atoms with van der Waals surface area (Å²) in [6.45, 7) is 4.79. The van der Waals surface area contributed by atoms with Gasteiger partial charge >= 0.3 is 0 Å². The summed E-state index contributed by atoms with van der Waals surface area (Å²) >= 11 is 6.96. The van der Waals surface area contributed by atoms with Crippen molar-refractivity contribution in [2.24, 2.45) is 0 Å². The molecule has 0 bridgehead atoms. The molecule has 0 aliphatic carbocycles. The molecule has 0 heterocycles. The van der Waals surface area contributed by atoms with E-state index in [1.165, 1.54) is 0 Å². The Morgan fingerprint density at radius 1 is 1.47 bits per heavy atom. The van der Waals surface area contributed by atoms with Crippen LogP contribution in [0.25, 0.3) is 0 Å². The van der Waals surface area contributed by atoms with Gasteiger partial charge in [-0.05, 0) is 47.0 Å². The number of aryl methyl sites for hydroxylation is 1. The number of benzene rings is 1. The Balaban J connectivity index is 2.58. The summed E-state index contributed by atoms with van der Waals surface area (Å²) in [4.78, 5) is 12.3. The van der Waals surface area contributed by atoms with Crippen LogP contribution in [0, 0.1) is 6.92 Å². The van der Waals surface area contributed by atoms with Crippen LogP contribution in [0.1, 0.15) is 35.7 Å². The molecule has 2 nitrogen and oxygen atoms in total. The van der Waals surface area contributed by atoms with Crippen molar-refractivity contribution >= 4 is 37.8 Å². The maximum Gasteiger partial charge on any atom is 0.252 e. The molecular formula is C13H17Br2NO. The molecule has 1 N–H and O–H groups in total. The molecule has 0 aliphatic heterocycles. The molecule has 94 valence electrons. The fourth-order valence-corrected chi connectivity index (χ4v) is 2.81. The zero-order valence-electron chi connectivity index (χ0n) is 10.1. The van der Waals surface area contributed by atoms with E-state index in [4.69, 9.17) is 0 Å². The summed E-state index contributed by atoms with van der Waals surface area (Å²) in [5, 5.41) is 2.93. The second-order valence-corrected chi connectivity index (χ2v) is 6.23. The van der Waals surface area contributed by atoms with Crippen molar-refractivity contribution in [3.8, 4) is 0 Å². The largest absolute Gasteiger partial charge is 0.351 e. The van der Waals surface area contributed by atoms with Crippen LogP contribution in [0.15, 0.2) is 22.7 Å². The number of hydrogen-bond donors (Lipinski definition) is 1. The fourth-order valence-electron chi connectivity index (χ4n) is 1.52. The normalized spacial score (nSPS) is 12.2. The maximum atomic E-state index is 11.9. The Kier molecular flexibility index (Phi) is 6.20. The minimum atomic E-state index is -0.0302. The van der Waals surface area contributed by atoms with E-state index >= 15 is 0 Å². The van der Waals surface area contributed by atoms with E-state index in [-0.39, 0.29) is 5.91 Å². The van der Waals surface area contributed by atoms with Crippen LogP contribution in [-0.4, -0.2) is 17.3 Å². The van der Waals surface area contributed by atoms with Gasteiger partial charge in [0, 0.05) is 15.8 Å². The molecule has 1 amide bonds. The van der Waals surface area contributed by atoms with Gasteiger partial charge in [0.05, 0.1) is 5.56 Å². The lowest BCUT2D eigenvalue weighted by molar-refractivity contribution is 0.0953. The van der Waals surface area contributed by atoms with Gasteiger partial charge in [-0.3, -0.25) is 4.79 Å². The van der Waals surface area contributed by atoms with E-state index < -0.39 is 0 Å². The number of nitrogens with one attached hydrogen (secondary N) is 1. The first-order valence-corrected chi connectivity index (χ1v) is 7.44. The molecule has 1 aromatic rings. The molecule has 0 saturated carbocycles. The van der Waals surface area contributed by atoms with E-state index in [0.29, 0.717) is 16.9 Å². The third-order valence-electron chi connectivity index (χ3n) is 2.46. The monoisotopic (exact) mass is 361 g/mol. The van der Waals surface area contributed by atoms with E-state index in [1.54, 1.807) is 0 Å². The van der Waals surface area contributed by atoms with Gasteiger partial charge in [0.2, 0.25) is 0 Å². The third-order valence-corrected chi connectivity index (χ3v) is 3.89. The summed E-state index contributed by atoms with van der Waals surface area (Å²) in [5.74, 6) is -0.0302. The zero-order chi connectivity index (χ0) is 12.8. The summed E-state index contributed by atoms with van der Waals surface area (Å²) in [7, 11) is 0. The molecular weight excluding hydrogens is 346 g/mol. The van der Waals surface area contributed by atoms with Gasteiger partial charge in [0.1, 0.15) is 0 Å². The highest BCUT2D eigenvalue weighted by Gasteiger charge is 2.11. The van der Waals surface area contributed by atoms with Crippen LogP contribution in [-0.2, 0) is 0 Å². The second-order valence-electron chi connectivity index (χ2n) is 4.08. The molecule has 0 fully saturated rings. The van der Waals surface area contributed by atoms with Crippen LogP contribution >= 0.6 is 31.9 Å². The fraction of sp³-hybridized carbons (Fsp3) is 0.462. The lowest BCUT2D eigenvalue weighted by Crippen LogP contribution is -2.29. The number of alkyl halides is 1. The Morgan fingerprint density at radius 2 is 2.18 bits per heavy atom. The second kappa shape index (κ2) is 7.17. The molecule has 1 unspecified atom stereocenters. The number of carbonyl (C=O) groups is 1. The number of rotatable bonds is 5. The van der Waals surface area contributed by atoms with Crippen molar-refractivity contribution in [1.29, 1.82) is 0 Å². The molecule has 1 rings (SSSR count). The Bertz CT molecular complexity index is 393. The van der Waals surface area contributed by atoms with Gasteiger partial charge in [-0.2, -0.15) is 0 Å². The van der Waals surface area contributed by atoms with Crippen molar-refractivity contribution in [3.63, 3.8) is 0 Å². The average molecular weight is 363 g/mol. The number of carbonyl (C=O) groups excluding carboxylic acids is 1. The Labute approximate surface area is 119 Å². The third kappa shape index (κ3) is 4.80. The van der Waals surface area contributed by atoms with Crippen LogP contribution in [0.2, 0.25) is 0 Å². The van der Waals surface area contributed by atoms with Crippen LogP contribution in [0.5, 0.6) is 0 Å². The van der Waals surface area contributed by atoms with Crippen molar-refractivity contribution in [2.45, 2.75) is 31.5 Å². The molecule has 1 aromatic carbocycles. The van der Waals surface area contributed by atoms with E-state index in [9.17, 15) is 4.79 Å². The van der Waals surface area contributed by atoms with E-state index in [0.717, 1.165) is 22.9 Å². The van der Waals surface area contributed by atoms with Gasteiger partial charge < -0.3 is 5.32 Å². The molecule has 4 heteroatoms. The predicted molar refractivity (Wildman–Crippen MR) is 78.8 cm³/mol. The molecule has 0 saturated heterocycles. The van der Waals surface area contributed by atoms with E-state index in [2.05, 4.69) is 44.1 Å². The number of amides is 1. The van der Waals surface area contributed by atoms with Crippen LogP contribution in [0.4, 0.5) is 0 Å². The van der Waals surface area contributed by atoms with Crippen molar-refractivity contribution in [2.75, 3.05) is 6.54 Å². The highest BCUT2D eigenvalue weighted by atomic mass is 79.9. The first-order valence-electron chi connectivity index (χ1n) is 5.73. The minimum Gasteiger partial charge on any atom is -0.351 e. The zero-order valence-corrected chi connectivity index (χ0v) is 13.3. The van der Waals surface area contributed by atoms with Gasteiger partial charge in [0.25, 0.3) is 5.91 Å². The molecule has 0 aromatic heterocycles. The summed E-state index contributed by atoms with van der Waals surface area (Å²) in [6.07, 6.45) is 2.18. The molecule has 0 spiro atoms. The number of hydrogen-bond acceptors (Lipinski definition) is 1. The highest BCUT2D eigenvalue weighted by Crippen LogP contribution is 2.18. The summed E-state index contributed by atoms with van der Waals surface area (Å²) in [5.41, 5.74) is 1.82. The smallest absolute Gasteiger partial charge is 0.252 e. The first kappa shape index (κ1) is 14.7. The summed E-state index contributed by atoms with van der Waals surface area (Å²) in [6, 6.07) is 5.74. The lowest BCUT2D eigenvalue weighted by atomic mass is 10.1. The first-order chi connectivity index (χ1) is 8.04. The molecule has 1 atom stereocenters. The maximum absolute atomic E-state index is 11.9. The Hall–Kier alpha value is -0.350. The highest BCUT2D eigenvalue weighted by molar-refractivity contribution is 9.10. The van der Waals surface area contributed by atoms with Crippen molar-refractivity contribution < 1.29 is 4.79 Å². The quantitative estimate of drug-likeness (QED) is 0.786. The molecule has 0 radical (unpaired) electrons. The summed E-state index contributed by atoms with van der Waals surface area (Å²) < 4.78 is 0.844. The van der Waals surface area contributed by atoms with Gasteiger partial charge in [0.15, 0.2) is 0 Å². The standard InChI is InChI=1S/C13H17Br2NO/c1-3-4-10(14)8-16-13(17)11-6-5-9(2)7-12(11)15/h5-7,10H,3-4,8H2,1-2H3,(H,16,17). The molecule has 0 aliphatic rings. The lowest BCUT2D eigenvalue weighted by Gasteiger charge is -2.11. The van der Waals surface area contributed by atoms with Crippen LogP contribution in [0.3, 0.4) is 0 Å². The van der Waals surface area contributed by atoms with Crippen molar-refractivity contribution in [3.05, 3.63) is 33.8 Å². The SMILES string of the molecule is CCCC(Br)CNC(=O)c1ccc(C)cc1Br. The van der Waals surface area contributed by atoms with Crippen molar-refractivity contribution in [1.82, 2.24) is 5.32 Å². The van der Waals surface area contributed by atoms with E-state index in [1.807, 2.05) is 25.1 Å². The molecule has 17 heavy (non-hydrogen) atoms. The number of halogens is 2. The van der Waals surface area contributed by atoms with Gasteiger partial charge in [-0.15, -0.1) is 0 Å². The predicted octanol–water partition coefficient (Wildman–Crippen LogP) is 4.05. The van der Waals surface area contributed by atoms with Gasteiger partial charge in [-0.25, -0.2) is 0 Å². The van der Waals surface area contributed by atoms with Gasteiger partial charge in [-0.1, -0.05) is 35.3 Å². The average Bonchev–Trinajstić information content (AvgIpc) is 2.26. The van der Waals surface area contributed by atoms with Crippen LogP contribution < -0.4 is 5.32 Å². The topological polar surface area (TPSA) is 29.1 Å². The Morgan fingerprint density at radius 3 is 2.76 bits per heavy atom. The minimum absolute atomic E-state index is 0.0302.